The largest absolute Gasteiger partial charge is 0.356 e. The molecule has 0 unspecified atom stereocenters. The summed E-state index contributed by atoms with van der Waals surface area (Å²) in [5, 5.41) is 3.09. The number of nitrogens with zero attached hydrogens (tertiary/aromatic N) is 4. The SMILES string of the molecule is CCCn1c(=O)n(C)c(=O)c2c1nc(NCC)n2C. The zero-order valence-electron chi connectivity index (χ0n) is 11.7. The highest BCUT2D eigenvalue weighted by Crippen LogP contribution is 2.13. The lowest BCUT2D eigenvalue weighted by molar-refractivity contribution is 0.610. The number of anilines is 1. The Labute approximate surface area is 110 Å². The van der Waals surface area contributed by atoms with Gasteiger partial charge in [0.2, 0.25) is 5.95 Å². The third kappa shape index (κ3) is 1.94. The Balaban J connectivity index is 2.91. The van der Waals surface area contributed by atoms with Gasteiger partial charge >= 0.3 is 5.69 Å². The summed E-state index contributed by atoms with van der Waals surface area (Å²) in [5.41, 5.74) is 0.270. The second-order valence-corrected chi connectivity index (χ2v) is 4.50. The number of aromatic nitrogens is 4. The van der Waals surface area contributed by atoms with Gasteiger partial charge in [-0.1, -0.05) is 6.92 Å². The zero-order valence-corrected chi connectivity index (χ0v) is 11.7. The minimum absolute atomic E-state index is 0.313. The molecule has 0 saturated heterocycles. The molecule has 2 aromatic heterocycles. The molecular weight excluding hydrogens is 246 g/mol. The summed E-state index contributed by atoms with van der Waals surface area (Å²) in [6.07, 6.45) is 0.806. The maximum absolute atomic E-state index is 12.2. The standard InChI is InChI=1S/C12H19N5O2/c1-5-7-17-9-8(10(18)16(4)12(17)19)15(3)11(14-9)13-6-2/h5-7H2,1-4H3,(H,13,14). The van der Waals surface area contributed by atoms with E-state index in [1.165, 1.54) is 7.05 Å². The lowest BCUT2D eigenvalue weighted by Crippen LogP contribution is -2.38. The van der Waals surface area contributed by atoms with Crippen molar-refractivity contribution in [2.75, 3.05) is 11.9 Å². The third-order valence-corrected chi connectivity index (χ3v) is 3.14. The van der Waals surface area contributed by atoms with Gasteiger partial charge in [-0.3, -0.25) is 13.9 Å². The number of hydrogen-bond donors (Lipinski definition) is 1. The highest BCUT2D eigenvalue weighted by Gasteiger charge is 2.17. The van der Waals surface area contributed by atoms with Gasteiger partial charge in [0.25, 0.3) is 5.56 Å². The van der Waals surface area contributed by atoms with Crippen LogP contribution >= 0.6 is 0 Å². The van der Waals surface area contributed by atoms with Gasteiger partial charge < -0.3 is 9.88 Å². The summed E-state index contributed by atoms with van der Waals surface area (Å²) < 4.78 is 4.39. The quantitative estimate of drug-likeness (QED) is 0.861. The van der Waals surface area contributed by atoms with Crippen molar-refractivity contribution < 1.29 is 0 Å². The fourth-order valence-corrected chi connectivity index (χ4v) is 2.17. The van der Waals surface area contributed by atoms with Gasteiger partial charge in [-0.05, 0) is 13.3 Å². The predicted octanol–water partition coefficient (Wildman–Crippen LogP) is 0.275. The molecule has 2 heterocycles. The van der Waals surface area contributed by atoms with Crippen molar-refractivity contribution in [1.29, 1.82) is 0 Å². The lowest BCUT2D eigenvalue weighted by Gasteiger charge is -2.07. The van der Waals surface area contributed by atoms with E-state index in [0.717, 1.165) is 11.0 Å². The minimum Gasteiger partial charge on any atom is -0.356 e. The zero-order chi connectivity index (χ0) is 14.2. The molecule has 0 aromatic carbocycles. The Kier molecular flexibility index (Phi) is 3.46. The van der Waals surface area contributed by atoms with Gasteiger partial charge in [-0.15, -0.1) is 0 Å². The van der Waals surface area contributed by atoms with Crippen LogP contribution in [0.25, 0.3) is 11.2 Å². The van der Waals surface area contributed by atoms with Crippen LogP contribution in [0.3, 0.4) is 0 Å². The van der Waals surface area contributed by atoms with Crippen LogP contribution in [0.4, 0.5) is 5.95 Å². The van der Waals surface area contributed by atoms with E-state index in [4.69, 9.17) is 0 Å². The van der Waals surface area contributed by atoms with Crippen LogP contribution in [0.2, 0.25) is 0 Å². The maximum atomic E-state index is 12.2. The van der Waals surface area contributed by atoms with Crippen LogP contribution in [0.15, 0.2) is 9.59 Å². The number of aryl methyl sites for hydroxylation is 2. The van der Waals surface area contributed by atoms with Crippen molar-refractivity contribution in [3.63, 3.8) is 0 Å². The van der Waals surface area contributed by atoms with E-state index in [-0.39, 0.29) is 11.2 Å². The summed E-state index contributed by atoms with van der Waals surface area (Å²) in [4.78, 5) is 28.7. The van der Waals surface area contributed by atoms with E-state index in [2.05, 4.69) is 10.3 Å². The molecule has 104 valence electrons. The first-order valence-corrected chi connectivity index (χ1v) is 6.43. The number of hydrogen-bond acceptors (Lipinski definition) is 4. The molecule has 0 bridgehead atoms. The van der Waals surface area contributed by atoms with E-state index in [0.29, 0.717) is 30.2 Å². The number of nitrogens with one attached hydrogen (secondary N) is 1. The molecular formula is C12H19N5O2. The Bertz CT molecular complexity index is 722. The van der Waals surface area contributed by atoms with E-state index in [1.807, 2.05) is 13.8 Å². The minimum atomic E-state index is -0.319. The Morgan fingerprint density at radius 3 is 2.42 bits per heavy atom. The molecule has 0 amide bonds. The number of imidazole rings is 1. The van der Waals surface area contributed by atoms with Crippen LogP contribution in [-0.4, -0.2) is 25.2 Å². The average molecular weight is 265 g/mol. The summed E-state index contributed by atoms with van der Waals surface area (Å²) in [6, 6.07) is 0. The molecule has 0 fully saturated rings. The van der Waals surface area contributed by atoms with E-state index in [1.54, 1.807) is 16.2 Å². The van der Waals surface area contributed by atoms with Crippen LogP contribution in [0.1, 0.15) is 20.3 Å². The van der Waals surface area contributed by atoms with E-state index >= 15 is 0 Å². The third-order valence-electron chi connectivity index (χ3n) is 3.14. The first kappa shape index (κ1) is 13.4. The first-order chi connectivity index (χ1) is 9.02. The highest BCUT2D eigenvalue weighted by molar-refractivity contribution is 5.74. The van der Waals surface area contributed by atoms with Crippen LogP contribution < -0.4 is 16.6 Å². The molecule has 0 spiro atoms. The van der Waals surface area contributed by atoms with Crippen LogP contribution in [0, 0.1) is 0 Å². The molecule has 19 heavy (non-hydrogen) atoms. The second kappa shape index (κ2) is 4.91. The van der Waals surface area contributed by atoms with Crippen molar-refractivity contribution in [3.05, 3.63) is 20.8 Å². The van der Waals surface area contributed by atoms with Crippen molar-refractivity contribution in [2.24, 2.45) is 14.1 Å². The van der Waals surface area contributed by atoms with Crippen LogP contribution in [0.5, 0.6) is 0 Å². The summed E-state index contributed by atoms with van der Waals surface area (Å²) in [6.45, 7) is 5.19. The molecule has 2 aromatic rings. The van der Waals surface area contributed by atoms with Gasteiger partial charge in [0, 0.05) is 27.2 Å². The first-order valence-electron chi connectivity index (χ1n) is 6.43. The normalized spacial score (nSPS) is 11.2. The maximum Gasteiger partial charge on any atom is 0.332 e. The fraction of sp³-hybridized carbons (Fsp3) is 0.583. The Morgan fingerprint density at radius 1 is 1.16 bits per heavy atom. The molecule has 0 atom stereocenters. The summed E-state index contributed by atoms with van der Waals surface area (Å²) in [5.74, 6) is 0.602. The predicted molar refractivity (Wildman–Crippen MR) is 74.7 cm³/mol. The second-order valence-electron chi connectivity index (χ2n) is 4.50. The van der Waals surface area contributed by atoms with Gasteiger partial charge in [0.05, 0.1) is 0 Å². The number of rotatable bonds is 4. The van der Waals surface area contributed by atoms with Crippen molar-refractivity contribution in [1.82, 2.24) is 18.7 Å². The fourth-order valence-electron chi connectivity index (χ4n) is 2.17. The average Bonchev–Trinajstić information content (AvgIpc) is 2.70. The van der Waals surface area contributed by atoms with E-state index in [9.17, 15) is 9.59 Å². The molecule has 0 aliphatic carbocycles. The molecule has 0 radical (unpaired) electrons. The summed E-state index contributed by atoms with van der Waals surface area (Å²) in [7, 11) is 3.27. The molecule has 0 aliphatic heterocycles. The summed E-state index contributed by atoms with van der Waals surface area (Å²) >= 11 is 0. The van der Waals surface area contributed by atoms with Crippen molar-refractivity contribution >= 4 is 17.1 Å². The molecule has 7 heteroatoms. The Morgan fingerprint density at radius 2 is 1.84 bits per heavy atom. The molecule has 0 aliphatic rings. The topological polar surface area (TPSA) is 73.8 Å². The molecule has 2 rings (SSSR count). The van der Waals surface area contributed by atoms with Gasteiger partial charge in [0.15, 0.2) is 11.2 Å². The highest BCUT2D eigenvalue weighted by atomic mass is 16.2. The van der Waals surface area contributed by atoms with Gasteiger partial charge in [-0.25, -0.2) is 4.79 Å². The lowest BCUT2D eigenvalue weighted by atomic mass is 10.4. The van der Waals surface area contributed by atoms with Gasteiger partial charge in [-0.2, -0.15) is 4.98 Å². The monoisotopic (exact) mass is 265 g/mol. The van der Waals surface area contributed by atoms with Crippen molar-refractivity contribution in [2.45, 2.75) is 26.8 Å². The molecule has 0 saturated carbocycles. The van der Waals surface area contributed by atoms with Crippen LogP contribution in [-0.2, 0) is 20.6 Å². The smallest absolute Gasteiger partial charge is 0.332 e. The number of fused-ring (bicyclic) bond motifs is 1. The Hall–Kier alpha value is -2.05. The molecule has 7 nitrogen and oxygen atoms in total. The molecule has 1 N–H and O–H groups in total. The van der Waals surface area contributed by atoms with Crippen molar-refractivity contribution in [3.8, 4) is 0 Å². The van der Waals surface area contributed by atoms with E-state index < -0.39 is 0 Å². The van der Waals surface area contributed by atoms with Gasteiger partial charge in [0.1, 0.15) is 0 Å².